The van der Waals surface area contributed by atoms with Crippen LogP contribution in [0.1, 0.15) is 5.56 Å². The van der Waals surface area contributed by atoms with E-state index in [1.165, 1.54) is 4.31 Å². The SMILES string of the molecule is O=C(COc1ccccc1)NCc1ccc(S(=O)(=O)N2CCOCC2)cc1. The van der Waals surface area contributed by atoms with E-state index in [-0.39, 0.29) is 17.4 Å². The van der Waals surface area contributed by atoms with Crippen LogP contribution < -0.4 is 10.1 Å². The Morgan fingerprint density at radius 1 is 1.04 bits per heavy atom. The summed E-state index contributed by atoms with van der Waals surface area (Å²) in [7, 11) is -3.50. The third-order valence-corrected chi connectivity index (χ3v) is 6.05. The van der Waals surface area contributed by atoms with E-state index in [2.05, 4.69) is 5.32 Å². The predicted octanol–water partition coefficient (Wildman–Crippen LogP) is 1.40. The maximum Gasteiger partial charge on any atom is 0.258 e. The van der Waals surface area contributed by atoms with E-state index in [0.29, 0.717) is 38.6 Å². The van der Waals surface area contributed by atoms with Crippen molar-refractivity contribution >= 4 is 15.9 Å². The maximum atomic E-state index is 12.6. The number of nitrogens with zero attached hydrogens (tertiary/aromatic N) is 1. The summed E-state index contributed by atoms with van der Waals surface area (Å²) < 4.78 is 37.1. The highest BCUT2D eigenvalue weighted by atomic mass is 32.2. The smallest absolute Gasteiger partial charge is 0.258 e. The first-order chi connectivity index (χ1) is 13.1. The van der Waals surface area contributed by atoms with Crippen LogP contribution in [-0.2, 0) is 26.1 Å². The molecule has 0 aliphatic carbocycles. The van der Waals surface area contributed by atoms with Crippen LogP contribution in [0.15, 0.2) is 59.5 Å². The van der Waals surface area contributed by atoms with Crippen molar-refractivity contribution < 1.29 is 22.7 Å². The first-order valence-corrected chi connectivity index (χ1v) is 10.1. The Morgan fingerprint density at radius 3 is 2.37 bits per heavy atom. The molecule has 1 amide bonds. The highest BCUT2D eigenvalue weighted by molar-refractivity contribution is 7.89. The van der Waals surface area contributed by atoms with Crippen molar-refractivity contribution in [3.05, 3.63) is 60.2 Å². The molecule has 0 atom stereocenters. The molecule has 0 saturated carbocycles. The third-order valence-electron chi connectivity index (χ3n) is 4.13. The van der Waals surface area contributed by atoms with E-state index in [0.717, 1.165) is 5.56 Å². The van der Waals surface area contributed by atoms with Crippen molar-refractivity contribution in [1.29, 1.82) is 0 Å². The fourth-order valence-corrected chi connectivity index (χ4v) is 4.04. The Balaban J connectivity index is 1.50. The van der Waals surface area contributed by atoms with E-state index in [1.54, 1.807) is 36.4 Å². The minimum absolute atomic E-state index is 0.0759. The number of para-hydroxylation sites is 1. The lowest BCUT2D eigenvalue weighted by Crippen LogP contribution is -2.40. The van der Waals surface area contributed by atoms with E-state index < -0.39 is 10.0 Å². The Bertz CT molecular complexity index is 847. The summed E-state index contributed by atoms with van der Waals surface area (Å²) in [6.07, 6.45) is 0. The highest BCUT2D eigenvalue weighted by Gasteiger charge is 2.26. The second-order valence-electron chi connectivity index (χ2n) is 6.04. The number of sulfonamides is 1. The van der Waals surface area contributed by atoms with Crippen molar-refractivity contribution in [1.82, 2.24) is 9.62 Å². The molecule has 2 aromatic carbocycles. The van der Waals surface area contributed by atoms with Crippen LogP contribution in [0.3, 0.4) is 0 Å². The normalized spacial score (nSPS) is 15.3. The minimum Gasteiger partial charge on any atom is -0.484 e. The summed E-state index contributed by atoms with van der Waals surface area (Å²) in [6.45, 7) is 1.77. The molecule has 8 heteroatoms. The average Bonchev–Trinajstić information content (AvgIpc) is 2.72. The number of hydrogen-bond donors (Lipinski definition) is 1. The second kappa shape index (κ2) is 8.98. The molecule has 144 valence electrons. The van der Waals surface area contributed by atoms with Crippen molar-refractivity contribution in [2.45, 2.75) is 11.4 Å². The van der Waals surface area contributed by atoms with E-state index >= 15 is 0 Å². The van der Waals surface area contributed by atoms with Gasteiger partial charge in [0.25, 0.3) is 5.91 Å². The number of rotatable bonds is 7. The number of hydrogen-bond acceptors (Lipinski definition) is 5. The quantitative estimate of drug-likeness (QED) is 0.773. The Hall–Kier alpha value is -2.42. The summed E-state index contributed by atoms with van der Waals surface area (Å²) in [6, 6.07) is 15.6. The molecule has 27 heavy (non-hydrogen) atoms. The largest absolute Gasteiger partial charge is 0.484 e. The fraction of sp³-hybridized carbons (Fsp3) is 0.316. The van der Waals surface area contributed by atoms with Crippen LogP contribution in [0.25, 0.3) is 0 Å². The number of carbonyl (C=O) groups excluding carboxylic acids is 1. The van der Waals surface area contributed by atoms with Gasteiger partial charge >= 0.3 is 0 Å². The Kier molecular flexibility index (Phi) is 6.44. The molecule has 1 heterocycles. The molecule has 1 aliphatic heterocycles. The fourth-order valence-electron chi connectivity index (χ4n) is 2.63. The molecule has 1 aliphatic rings. The van der Waals surface area contributed by atoms with E-state index in [1.807, 2.05) is 18.2 Å². The monoisotopic (exact) mass is 390 g/mol. The van der Waals surface area contributed by atoms with Gasteiger partial charge < -0.3 is 14.8 Å². The maximum absolute atomic E-state index is 12.6. The average molecular weight is 390 g/mol. The van der Waals surface area contributed by atoms with Gasteiger partial charge in [-0.05, 0) is 29.8 Å². The van der Waals surface area contributed by atoms with Crippen LogP contribution in [0, 0.1) is 0 Å². The molecular formula is C19H22N2O5S. The summed E-state index contributed by atoms with van der Waals surface area (Å²) in [4.78, 5) is 12.1. The molecule has 1 saturated heterocycles. The van der Waals surface area contributed by atoms with Crippen LogP contribution >= 0.6 is 0 Å². The number of benzene rings is 2. The van der Waals surface area contributed by atoms with Gasteiger partial charge in [0.2, 0.25) is 10.0 Å². The summed E-state index contributed by atoms with van der Waals surface area (Å²) in [5.41, 5.74) is 0.809. The topological polar surface area (TPSA) is 84.9 Å². The third kappa shape index (κ3) is 5.29. The van der Waals surface area contributed by atoms with E-state index in [9.17, 15) is 13.2 Å². The van der Waals surface area contributed by atoms with Crippen LogP contribution in [0.5, 0.6) is 5.75 Å². The standard InChI is InChI=1S/C19H22N2O5S/c22-19(15-26-17-4-2-1-3-5-17)20-14-16-6-8-18(9-7-16)27(23,24)21-10-12-25-13-11-21/h1-9H,10-15H2,(H,20,22). The molecule has 3 rings (SSSR count). The van der Waals surface area contributed by atoms with Crippen molar-refractivity contribution in [3.63, 3.8) is 0 Å². The molecule has 0 bridgehead atoms. The number of carbonyl (C=O) groups is 1. The zero-order chi connectivity index (χ0) is 19.1. The molecular weight excluding hydrogens is 368 g/mol. The van der Waals surface area contributed by atoms with Gasteiger partial charge in [-0.15, -0.1) is 0 Å². The zero-order valence-electron chi connectivity index (χ0n) is 14.8. The van der Waals surface area contributed by atoms with Crippen molar-refractivity contribution in [2.75, 3.05) is 32.9 Å². The van der Waals surface area contributed by atoms with Gasteiger partial charge in [0.1, 0.15) is 5.75 Å². The first-order valence-electron chi connectivity index (χ1n) is 8.67. The number of amides is 1. The number of morpholine rings is 1. The lowest BCUT2D eigenvalue weighted by atomic mass is 10.2. The zero-order valence-corrected chi connectivity index (χ0v) is 15.7. The van der Waals surface area contributed by atoms with Gasteiger partial charge in [0.15, 0.2) is 6.61 Å². The lowest BCUT2D eigenvalue weighted by molar-refractivity contribution is -0.123. The van der Waals surface area contributed by atoms with Gasteiger partial charge in [-0.25, -0.2) is 8.42 Å². The van der Waals surface area contributed by atoms with Crippen molar-refractivity contribution in [3.8, 4) is 5.75 Å². The summed E-state index contributed by atoms with van der Waals surface area (Å²) in [5.74, 6) is 0.384. The van der Waals surface area contributed by atoms with Gasteiger partial charge in [0, 0.05) is 19.6 Å². The Labute approximate surface area is 158 Å². The summed E-state index contributed by atoms with van der Waals surface area (Å²) in [5, 5.41) is 2.75. The molecule has 1 fully saturated rings. The van der Waals surface area contributed by atoms with Gasteiger partial charge in [-0.1, -0.05) is 30.3 Å². The molecule has 0 aromatic heterocycles. The van der Waals surface area contributed by atoms with Gasteiger partial charge in [-0.3, -0.25) is 4.79 Å². The Morgan fingerprint density at radius 2 is 1.70 bits per heavy atom. The first kappa shape index (κ1) is 19.3. The molecule has 0 radical (unpaired) electrons. The van der Waals surface area contributed by atoms with Crippen LogP contribution in [0.4, 0.5) is 0 Å². The number of ether oxygens (including phenoxy) is 2. The molecule has 2 aromatic rings. The molecule has 0 unspecified atom stereocenters. The molecule has 0 spiro atoms. The lowest BCUT2D eigenvalue weighted by Gasteiger charge is -2.26. The molecule has 1 N–H and O–H groups in total. The van der Waals surface area contributed by atoms with Crippen LogP contribution in [-0.4, -0.2) is 51.5 Å². The number of nitrogens with one attached hydrogen (secondary N) is 1. The van der Waals surface area contributed by atoms with Crippen molar-refractivity contribution in [2.24, 2.45) is 0 Å². The van der Waals surface area contributed by atoms with Crippen LogP contribution in [0.2, 0.25) is 0 Å². The van der Waals surface area contributed by atoms with Gasteiger partial charge in [-0.2, -0.15) is 4.31 Å². The highest BCUT2D eigenvalue weighted by Crippen LogP contribution is 2.17. The predicted molar refractivity (Wildman–Crippen MR) is 99.8 cm³/mol. The van der Waals surface area contributed by atoms with E-state index in [4.69, 9.17) is 9.47 Å². The van der Waals surface area contributed by atoms with Gasteiger partial charge in [0.05, 0.1) is 18.1 Å². The molecule has 7 nitrogen and oxygen atoms in total. The second-order valence-corrected chi connectivity index (χ2v) is 7.98. The minimum atomic E-state index is -3.50. The summed E-state index contributed by atoms with van der Waals surface area (Å²) >= 11 is 0.